The molecule has 44 heavy (non-hydrogen) atoms. The Hall–Kier alpha value is -5.13. The lowest BCUT2D eigenvalue weighted by Gasteiger charge is -2.34. The Morgan fingerprint density at radius 3 is 1.68 bits per heavy atom. The zero-order valence-corrected chi connectivity index (χ0v) is 26.0. The van der Waals surface area contributed by atoms with Crippen LogP contribution in [-0.2, 0) is 0 Å². The third kappa shape index (κ3) is 5.50. The van der Waals surface area contributed by atoms with Gasteiger partial charge < -0.3 is 0 Å². The standard InChI is InChI=1S/C39H34N4S/c1-5-15-32(40-6-2)34-23-21-30(26-42-34)38-36(28-16-9-7-10-17-28)37(29-18-11-8-12-19-29)39(44(38,3)4)31-22-24-35(43-27-31)33-20-13-14-25-41-33/h5-27H,1H2,2-4H3/b32-15-,40-6?. The number of allylic oxidation sites excluding steroid dienone is 4. The fourth-order valence-electron chi connectivity index (χ4n) is 5.80. The minimum Gasteiger partial charge on any atom is -0.259 e. The lowest BCUT2D eigenvalue weighted by atomic mass is 9.89. The second-order valence-corrected chi connectivity index (χ2v) is 14.2. The average molecular weight is 591 g/mol. The van der Waals surface area contributed by atoms with Gasteiger partial charge in [-0.1, -0.05) is 91.5 Å². The van der Waals surface area contributed by atoms with Crippen molar-refractivity contribution in [3.63, 3.8) is 0 Å². The predicted molar refractivity (Wildman–Crippen MR) is 190 cm³/mol. The third-order valence-corrected chi connectivity index (χ3v) is 10.6. The topological polar surface area (TPSA) is 51.0 Å². The van der Waals surface area contributed by atoms with Gasteiger partial charge in [0, 0.05) is 56.9 Å². The van der Waals surface area contributed by atoms with Gasteiger partial charge in [-0.25, -0.2) is 0 Å². The molecule has 3 aromatic heterocycles. The lowest BCUT2D eigenvalue weighted by molar-refractivity contribution is 1.24. The number of aromatic nitrogens is 3. The molecule has 0 unspecified atom stereocenters. The molecule has 0 aliphatic carbocycles. The van der Waals surface area contributed by atoms with Crippen molar-refractivity contribution in [3.8, 4) is 11.4 Å². The van der Waals surface area contributed by atoms with Gasteiger partial charge in [0.25, 0.3) is 0 Å². The van der Waals surface area contributed by atoms with E-state index in [1.54, 1.807) is 18.5 Å². The Bertz CT molecular complexity index is 1900. The molecule has 0 bridgehead atoms. The van der Waals surface area contributed by atoms with Crippen LogP contribution in [0.25, 0.3) is 38.0 Å². The molecule has 0 saturated heterocycles. The van der Waals surface area contributed by atoms with E-state index in [0.717, 1.165) is 33.9 Å². The minimum absolute atomic E-state index is 0.784. The van der Waals surface area contributed by atoms with Crippen LogP contribution in [-0.4, -0.2) is 33.7 Å². The first-order valence-corrected chi connectivity index (χ1v) is 17.0. The van der Waals surface area contributed by atoms with Gasteiger partial charge in [-0.2, -0.15) is 10.0 Å². The van der Waals surface area contributed by atoms with E-state index in [1.165, 1.54) is 32.1 Å². The molecule has 0 saturated carbocycles. The number of hydrogen-bond acceptors (Lipinski definition) is 4. The van der Waals surface area contributed by atoms with Gasteiger partial charge in [-0.3, -0.25) is 19.9 Å². The molecule has 4 nitrogen and oxygen atoms in total. The van der Waals surface area contributed by atoms with E-state index >= 15 is 0 Å². The van der Waals surface area contributed by atoms with E-state index < -0.39 is 10.0 Å². The van der Waals surface area contributed by atoms with E-state index in [1.807, 2.05) is 43.6 Å². The van der Waals surface area contributed by atoms with Crippen molar-refractivity contribution < 1.29 is 0 Å². The van der Waals surface area contributed by atoms with Gasteiger partial charge in [-0.15, -0.1) is 0 Å². The SMILES string of the molecule is C=C/C=C(\N=CC)c1ccc(C2=C(c3ccccc3)C(c3ccccc3)=C(c3ccc(-c4ccccn4)nc3)S2(C)C)cn1. The summed E-state index contributed by atoms with van der Waals surface area (Å²) in [6.45, 7) is 5.76. The monoisotopic (exact) mass is 590 g/mol. The van der Waals surface area contributed by atoms with Gasteiger partial charge in [0.05, 0.1) is 22.8 Å². The van der Waals surface area contributed by atoms with Crippen LogP contribution in [0.1, 0.15) is 34.9 Å². The van der Waals surface area contributed by atoms with Gasteiger partial charge in [0.2, 0.25) is 0 Å². The van der Waals surface area contributed by atoms with Crippen LogP contribution in [0.5, 0.6) is 0 Å². The molecule has 5 aromatic rings. The number of rotatable bonds is 8. The van der Waals surface area contributed by atoms with Crippen molar-refractivity contribution >= 4 is 42.9 Å². The summed E-state index contributed by atoms with van der Waals surface area (Å²) < 4.78 is 0. The maximum absolute atomic E-state index is 4.91. The van der Waals surface area contributed by atoms with Gasteiger partial charge >= 0.3 is 0 Å². The van der Waals surface area contributed by atoms with Crippen LogP contribution in [0.2, 0.25) is 0 Å². The molecule has 1 aliphatic rings. The van der Waals surface area contributed by atoms with E-state index in [2.05, 4.69) is 114 Å². The Morgan fingerprint density at radius 1 is 0.636 bits per heavy atom. The van der Waals surface area contributed by atoms with Crippen LogP contribution in [0.4, 0.5) is 0 Å². The van der Waals surface area contributed by atoms with Gasteiger partial charge in [0.1, 0.15) is 0 Å². The second-order valence-electron chi connectivity index (χ2n) is 10.7. The van der Waals surface area contributed by atoms with Crippen molar-refractivity contribution in [2.75, 3.05) is 12.5 Å². The first-order chi connectivity index (χ1) is 21.5. The zero-order chi connectivity index (χ0) is 30.5. The molecule has 0 spiro atoms. The van der Waals surface area contributed by atoms with Crippen LogP contribution in [0, 0.1) is 0 Å². The fourth-order valence-corrected chi connectivity index (χ4v) is 8.88. The minimum atomic E-state index is -1.56. The summed E-state index contributed by atoms with van der Waals surface area (Å²) in [7, 11) is -1.56. The third-order valence-electron chi connectivity index (χ3n) is 7.63. The summed E-state index contributed by atoms with van der Waals surface area (Å²) in [6, 6.07) is 35.9. The van der Waals surface area contributed by atoms with Crippen LogP contribution >= 0.6 is 10.0 Å². The zero-order valence-electron chi connectivity index (χ0n) is 25.2. The van der Waals surface area contributed by atoms with Crippen molar-refractivity contribution in [3.05, 3.63) is 168 Å². The molecule has 0 radical (unpaired) electrons. The number of hydrogen-bond donors (Lipinski definition) is 0. The number of nitrogens with zero attached hydrogens (tertiary/aromatic N) is 4. The van der Waals surface area contributed by atoms with Gasteiger partial charge in [-0.05, 0) is 60.9 Å². The first kappa shape index (κ1) is 29.0. The Morgan fingerprint density at radius 2 is 1.20 bits per heavy atom. The highest BCUT2D eigenvalue weighted by Crippen LogP contribution is 2.73. The fraction of sp³-hybridized carbons (Fsp3) is 0.0769. The van der Waals surface area contributed by atoms with Gasteiger partial charge in [0.15, 0.2) is 0 Å². The number of aliphatic imine (C=N–C) groups is 1. The molecule has 0 atom stereocenters. The number of pyridine rings is 3. The van der Waals surface area contributed by atoms with Crippen LogP contribution in [0.15, 0.2) is 145 Å². The molecule has 0 fully saturated rings. The molecule has 0 N–H and O–H groups in total. The molecule has 1 aliphatic heterocycles. The largest absolute Gasteiger partial charge is 0.259 e. The van der Waals surface area contributed by atoms with E-state index in [9.17, 15) is 0 Å². The Balaban J connectivity index is 1.58. The molecule has 6 rings (SSSR count). The molecule has 0 amide bonds. The van der Waals surface area contributed by atoms with E-state index in [0.29, 0.717) is 0 Å². The molecule has 5 heteroatoms. The van der Waals surface area contributed by atoms with Crippen molar-refractivity contribution in [2.45, 2.75) is 6.92 Å². The molecular formula is C39H34N4S. The van der Waals surface area contributed by atoms with Crippen LogP contribution < -0.4 is 0 Å². The summed E-state index contributed by atoms with van der Waals surface area (Å²) in [5.74, 6) is 0. The summed E-state index contributed by atoms with van der Waals surface area (Å²) in [6.07, 6.45) is 16.0. The van der Waals surface area contributed by atoms with E-state index in [4.69, 9.17) is 9.97 Å². The highest BCUT2D eigenvalue weighted by molar-refractivity contribution is 8.47. The Kier molecular flexibility index (Phi) is 8.31. The second kappa shape index (κ2) is 12.6. The molecule has 216 valence electrons. The van der Waals surface area contributed by atoms with Crippen LogP contribution in [0.3, 0.4) is 0 Å². The first-order valence-electron chi connectivity index (χ1n) is 14.5. The maximum Gasteiger partial charge on any atom is 0.0886 e. The normalized spacial score (nSPS) is 15.6. The summed E-state index contributed by atoms with van der Waals surface area (Å²) in [5.41, 5.74) is 10.4. The quantitative estimate of drug-likeness (QED) is 0.134. The summed E-state index contributed by atoms with van der Waals surface area (Å²) >= 11 is 0. The van der Waals surface area contributed by atoms with Crippen molar-refractivity contribution in [1.29, 1.82) is 0 Å². The van der Waals surface area contributed by atoms with Crippen molar-refractivity contribution in [1.82, 2.24) is 15.0 Å². The summed E-state index contributed by atoms with van der Waals surface area (Å²) in [5, 5.41) is 0. The van der Waals surface area contributed by atoms with E-state index in [-0.39, 0.29) is 0 Å². The summed E-state index contributed by atoms with van der Waals surface area (Å²) in [4.78, 5) is 21.4. The smallest absolute Gasteiger partial charge is 0.0886 e. The highest BCUT2D eigenvalue weighted by Gasteiger charge is 2.39. The van der Waals surface area contributed by atoms with Crippen molar-refractivity contribution in [2.24, 2.45) is 4.99 Å². The molecular weight excluding hydrogens is 557 g/mol. The lowest BCUT2D eigenvalue weighted by Crippen LogP contribution is -2.01. The average Bonchev–Trinajstić information content (AvgIpc) is 3.33. The number of benzene rings is 2. The Labute approximate surface area is 261 Å². The predicted octanol–water partition coefficient (Wildman–Crippen LogP) is 9.67. The molecule has 2 aromatic carbocycles. The molecule has 4 heterocycles. The highest BCUT2D eigenvalue weighted by atomic mass is 32.3. The maximum atomic E-state index is 4.91.